The average Bonchev–Trinajstić information content (AvgIpc) is 3.16. The Morgan fingerprint density at radius 2 is 1.91 bits per heavy atom. The maximum Gasteiger partial charge on any atom is 0.435 e. The first-order chi connectivity index (χ1) is 15.4. The van der Waals surface area contributed by atoms with Gasteiger partial charge < -0.3 is 14.8 Å². The normalized spacial score (nSPS) is 11.8. The molecule has 0 atom stereocenters. The van der Waals surface area contributed by atoms with Crippen molar-refractivity contribution >= 4 is 33.3 Å². The molecule has 3 rings (SSSR count). The summed E-state index contributed by atoms with van der Waals surface area (Å²) in [6.45, 7) is -0.771. The fraction of sp³-hybridized carbons (Fsp3) is 0.158. The van der Waals surface area contributed by atoms with Gasteiger partial charge in [0.2, 0.25) is 5.88 Å². The lowest BCUT2D eigenvalue weighted by Gasteiger charge is -2.13. The Hall–Kier alpha value is -3.29. The van der Waals surface area contributed by atoms with E-state index in [-0.39, 0.29) is 22.1 Å². The molecule has 1 amide bonds. The zero-order valence-electron chi connectivity index (χ0n) is 16.6. The molecule has 1 heterocycles. The first-order valence-corrected chi connectivity index (χ1v) is 10.7. The van der Waals surface area contributed by atoms with Crippen LogP contribution in [0.15, 0.2) is 53.4 Å². The summed E-state index contributed by atoms with van der Waals surface area (Å²) in [7, 11) is -3.30. The SMILES string of the molecule is COc1ccc(S(=O)(=O)O)cc1NC(=O)COc1cc(C(F)(F)F)nn1-c1ccccc1Cl. The Morgan fingerprint density at radius 3 is 2.52 bits per heavy atom. The highest BCUT2D eigenvalue weighted by Gasteiger charge is 2.36. The number of aromatic nitrogens is 2. The average molecular weight is 506 g/mol. The molecule has 1 aromatic heterocycles. The molecule has 33 heavy (non-hydrogen) atoms. The van der Waals surface area contributed by atoms with Gasteiger partial charge in [-0.15, -0.1) is 0 Å². The first-order valence-electron chi connectivity index (χ1n) is 8.90. The minimum Gasteiger partial charge on any atom is -0.495 e. The summed E-state index contributed by atoms with van der Waals surface area (Å²) in [5.74, 6) is -1.21. The summed E-state index contributed by atoms with van der Waals surface area (Å²) in [6, 6.07) is 9.76. The number of carbonyl (C=O) groups excluding carboxylic acids is 1. The zero-order valence-corrected chi connectivity index (χ0v) is 18.2. The fourth-order valence-electron chi connectivity index (χ4n) is 2.67. The van der Waals surface area contributed by atoms with Gasteiger partial charge in [0.15, 0.2) is 12.3 Å². The molecule has 0 aliphatic rings. The van der Waals surface area contributed by atoms with Crippen molar-refractivity contribution in [1.82, 2.24) is 9.78 Å². The standard InChI is InChI=1S/C19H15ClF3N3O6S/c1-31-15-7-6-11(33(28,29)30)8-13(15)24-17(27)10-32-18-9-16(19(21,22)23)25-26(18)14-5-3-2-4-12(14)20/h2-9H,10H2,1H3,(H,24,27)(H,28,29,30). The van der Waals surface area contributed by atoms with Gasteiger partial charge in [-0.05, 0) is 30.3 Å². The van der Waals surface area contributed by atoms with Gasteiger partial charge in [0, 0.05) is 6.07 Å². The molecule has 0 saturated heterocycles. The van der Waals surface area contributed by atoms with Crippen molar-refractivity contribution in [2.75, 3.05) is 19.0 Å². The van der Waals surface area contributed by atoms with Crippen LogP contribution >= 0.6 is 11.6 Å². The number of anilines is 1. The molecule has 0 bridgehead atoms. The Bertz CT molecular complexity index is 1290. The van der Waals surface area contributed by atoms with E-state index < -0.39 is 45.3 Å². The Kier molecular flexibility index (Phi) is 6.86. The number of nitrogens with zero attached hydrogens (tertiary/aromatic N) is 2. The molecular weight excluding hydrogens is 491 g/mol. The Morgan fingerprint density at radius 1 is 1.21 bits per heavy atom. The number of para-hydroxylation sites is 1. The molecule has 0 saturated carbocycles. The van der Waals surface area contributed by atoms with Gasteiger partial charge in [0.05, 0.1) is 28.4 Å². The minimum atomic E-state index is -4.78. The summed E-state index contributed by atoms with van der Waals surface area (Å²) in [5, 5.41) is 5.88. The van der Waals surface area contributed by atoms with E-state index in [0.29, 0.717) is 6.07 Å². The van der Waals surface area contributed by atoms with Crippen LogP contribution in [0.2, 0.25) is 5.02 Å². The van der Waals surface area contributed by atoms with E-state index in [1.165, 1.54) is 31.4 Å². The summed E-state index contributed by atoms with van der Waals surface area (Å²) < 4.78 is 82.4. The number of hydrogen-bond donors (Lipinski definition) is 2. The molecule has 0 unspecified atom stereocenters. The Balaban J connectivity index is 1.85. The number of rotatable bonds is 7. The van der Waals surface area contributed by atoms with E-state index in [1.807, 2.05) is 0 Å². The Labute approximate surface area is 190 Å². The third kappa shape index (κ3) is 5.74. The predicted octanol–water partition coefficient (Wildman–Crippen LogP) is 3.82. The molecule has 0 radical (unpaired) electrons. The van der Waals surface area contributed by atoms with Crippen LogP contribution in [0.1, 0.15) is 5.69 Å². The number of amides is 1. The zero-order chi connectivity index (χ0) is 24.4. The number of methoxy groups -OCH3 is 1. The van der Waals surface area contributed by atoms with E-state index in [1.54, 1.807) is 6.07 Å². The van der Waals surface area contributed by atoms with Crippen LogP contribution in [0.4, 0.5) is 18.9 Å². The van der Waals surface area contributed by atoms with E-state index in [0.717, 1.165) is 16.8 Å². The van der Waals surface area contributed by atoms with Crippen LogP contribution in [0.25, 0.3) is 5.69 Å². The largest absolute Gasteiger partial charge is 0.495 e. The molecule has 0 aliphatic carbocycles. The predicted molar refractivity (Wildman–Crippen MR) is 111 cm³/mol. The maximum absolute atomic E-state index is 13.2. The van der Waals surface area contributed by atoms with Crippen molar-refractivity contribution in [3.63, 3.8) is 0 Å². The van der Waals surface area contributed by atoms with E-state index in [2.05, 4.69) is 10.4 Å². The minimum absolute atomic E-state index is 0.0659. The highest BCUT2D eigenvalue weighted by molar-refractivity contribution is 7.85. The van der Waals surface area contributed by atoms with Gasteiger partial charge in [-0.3, -0.25) is 9.35 Å². The first kappa shape index (κ1) is 24.4. The van der Waals surface area contributed by atoms with Gasteiger partial charge in [-0.25, -0.2) is 0 Å². The molecule has 2 N–H and O–H groups in total. The summed E-state index contributed by atoms with van der Waals surface area (Å²) in [5.41, 5.74) is -1.29. The monoisotopic (exact) mass is 505 g/mol. The molecule has 9 nitrogen and oxygen atoms in total. The second kappa shape index (κ2) is 9.29. The maximum atomic E-state index is 13.2. The van der Waals surface area contributed by atoms with Gasteiger partial charge in [-0.2, -0.15) is 31.4 Å². The van der Waals surface area contributed by atoms with Crippen LogP contribution < -0.4 is 14.8 Å². The lowest BCUT2D eigenvalue weighted by atomic mass is 10.3. The molecule has 0 spiro atoms. The topological polar surface area (TPSA) is 120 Å². The van der Waals surface area contributed by atoms with Gasteiger partial charge in [0.1, 0.15) is 5.75 Å². The molecule has 14 heteroatoms. The number of benzene rings is 2. The van der Waals surface area contributed by atoms with Crippen molar-refractivity contribution < 1.29 is 40.4 Å². The van der Waals surface area contributed by atoms with E-state index >= 15 is 0 Å². The number of ether oxygens (including phenoxy) is 2. The number of hydrogen-bond acceptors (Lipinski definition) is 6. The number of halogens is 4. The number of alkyl halides is 3. The molecule has 2 aromatic carbocycles. The molecule has 0 fully saturated rings. The lowest BCUT2D eigenvalue weighted by molar-refractivity contribution is -0.141. The van der Waals surface area contributed by atoms with Crippen molar-refractivity contribution in [3.8, 4) is 17.3 Å². The molecular formula is C19H15ClF3N3O6S. The van der Waals surface area contributed by atoms with Crippen LogP contribution in [-0.4, -0.2) is 42.4 Å². The second-order valence-electron chi connectivity index (χ2n) is 6.40. The van der Waals surface area contributed by atoms with Crippen molar-refractivity contribution in [1.29, 1.82) is 0 Å². The van der Waals surface area contributed by atoms with Gasteiger partial charge >= 0.3 is 6.18 Å². The summed E-state index contributed by atoms with van der Waals surface area (Å²) >= 11 is 6.05. The van der Waals surface area contributed by atoms with Crippen LogP contribution in [-0.2, 0) is 21.1 Å². The summed E-state index contributed by atoms with van der Waals surface area (Å²) in [6.07, 6.45) is -4.78. The fourth-order valence-corrected chi connectivity index (χ4v) is 3.39. The highest BCUT2D eigenvalue weighted by atomic mass is 35.5. The van der Waals surface area contributed by atoms with Crippen molar-refractivity contribution in [2.45, 2.75) is 11.1 Å². The third-order valence-electron chi connectivity index (χ3n) is 4.14. The van der Waals surface area contributed by atoms with E-state index in [9.17, 15) is 30.9 Å². The number of nitrogens with one attached hydrogen (secondary N) is 1. The quantitative estimate of drug-likeness (QED) is 0.468. The van der Waals surface area contributed by atoms with Crippen LogP contribution in [0.5, 0.6) is 11.6 Å². The van der Waals surface area contributed by atoms with Crippen molar-refractivity contribution in [3.05, 3.63) is 59.2 Å². The van der Waals surface area contributed by atoms with E-state index in [4.69, 9.17) is 21.1 Å². The molecule has 176 valence electrons. The van der Waals surface area contributed by atoms with Gasteiger partial charge in [-0.1, -0.05) is 23.7 Å². The van der Waals surface area contributed by atoms with Crippen LogP contribution in [0, 0.1) is 0 Å². The second-order valence-corrected chi connectivity index (χ2v) is 8.23. The highest BCUT2D eigenvalue weighted by Crippen LogP contribution is 2.33. The number of carbonyl (C=O) groups is 1. The van der Waals surface area contributed by atoms with Crippen LogP contribution in [0.3, 0.4) is 0 Å². The molecule has 3 aromatic rings. The molecule has 0 aliphatic heterocycles. The smallest absolute Gasteiger partial charge is 0.435 e. The third-order valence-corrected chi connectivity index (χ3v) is 5.31. The van der Waals surface area contributed by atoms with Gasteiger partial charge in [0.25, 0.3) is 16.0 Å². The van der Waals surface area contributed by atoms with Crippen molar-refractivity contribution in [2.24, 2.45) is 0 Å². The summed E-state index contributed by atoms with van der Waals surface area (Å²) in [4.78, 5) is 11.8. The lowest BCUT2D eigenvalue weighted by Crippen LogP contribution is -2.21.